The molecule has 118 valence electrons. The van der Waals surface area contributed by atoms with Crippen molar-refractivity contribution in [1.82, 2.24) is 19.3 Å². The molecule has 0 bridgehead atoms. The number of fused-ring (bicyclic) bond motifs is 1. The lowest BCUT2D eigenvalue weighted by Gasteiger charge is -2.23. The van der Waals surface area contributed by atoms with Crippen molar-refractivity contribution in [2.75, 3.05) is 12.3 Å². The van der Waals surface area contributed by atoms with Crippen molar-refractivity contribution in [2.24, 2.45) is 5.92 Å². The molecule has 3 N–H and O–H groups in total. The predicted molar refractivity (Wildman–Crippen MR) is 82.9 cm³/mol. The molecule has 2 aromatic heterocycles. The first-order chi connectivity index (χ1) is 10.5. The van der Waals surface area contributed by atoms with E-state index in [0.29, 0.717) is 6.54 Å². The predicted octanol–water partition coefficient (Wildman–Crippen LogP) is 1.05. The average molecular weight is 342 g/mol. The number of aryl methyl sites for hydroxylation is 1. The molecule has 0 saturated carbocycles. The summed E-state index contributed by atoms with van der Waals surface area (Å²) >= 11 is 5.79. The monoisotopic (exact) mass is 341 g/mol. The number of pyridine rings is 1. The van der Waals surface area contributed by atoms with E-state index in [1.54, 1.807) is 6.20 Å². The third-order valence-electron chi connectivity index (χ3n) is 3.75. The van der Waals surface area contributed by atoms with Crippen LogP contribution in [0.5, 0.6) is 0 Å². The van der Waals surface area contributed by atoms with E-state index in [-0.39, 0.29) is 21.7 Å². The molecule has 1 aliphatic rings. The number of nitrogen functional groups attached to an aromatic ring is 1. The van der Waals surface area contributed by atoms with E-state index < -0.39 is 10.0 Å². The maximum absolute atomic E-state index is 12.3. The van der Waals surface area contributed by atoms with Crippen LogP contribution < -0.4 is 10.5 Å². The zero-order valence-electron chi connectivity index (χ0n) is 11.7. The number of aromatic nitrogens is 3. The number of hydrogen-bond acceptors (Lipinski definition) is 5. The smallest absolute Gasteiger partial charge is 0.244 e. The van der Waals surface area contributed by atoms with Crippen LogP contribution in [0.15, 0.2) is 29.6 Å². The summed E-state index contributed by atoms with van der Waals surface area (Å²) < 4.78 is 29.3. The first-order valence-electron chi connectivity index (χ1n) is 6.86. The number of nitrogens with one attached hydrogen (secondary N) is 1. The van der Waals surface area contributed by atoms with E-state index in [4.69, 9.17) is 17.3 Å². The van der Waals surface area contributed by atoms with Gasteiger partial charge in [-0.3, -0.25) is 0 Å². The molecule has 0 aromatic carbocycles. The minimum absolute atomic E-state index is 0.0592. The van der Waals surface area contributed by atoms with Crippen LogP contribution in [0, 0.1) is 5.92 Å². The lowest BCUT2D eigenvalue weighted by molar-refractivity contribution is 0.379. The van der Waals surface area contributed by atoms with Crippen LogP contribution in [0.3, 0.4) is 0 Å². The second-order valence-electron chi connectivity index (χ2n) is 5.28. The van der Waals surface area contributed by atoms with E-state index in [2.05, 4.69) is 19.3 Å². The molecule has 22 heavy (non-hydrogen) atoms. The topological polar surface area (TPSA) is 103 Å². The average Bonchev–Trinajstić information content (AvgIpc) is 2.95. The molecule has 0 saturated heterocycles. The number of sulfonamides is 1. The molecular formula is C13H16ClN5O2S. The van der Waals surface area contributed by atoms with E-state index in [0.717, 1.165) is 25.2 Å². The maximum atomic E-state index is 12.3. The molecule has 1 atom stereocenters. The second kappa shape index (κ2) is 5.86. The minimum atomic E-state index is -3.73. The number of imidazole rings is 1. The van der Waals surface area contributed by atoms with Gasteiger partial charge in [-0.05, 0) is 18.4 Å². The van der Waals surface area contributed by atoms with Crippen molar-refractivity contribution < 1.29 is 8.42 Å². The Morgan fingerprint density at radius 3 is 3.09 bits per heavy atom. The number of halogens is 1. The van der Waals surface area contributed by atoms with E-state index in [9.17, 15) is 8.42 Å². The maximum Gasteiger partial charge on any atom is 0.244 e. The summed E-state index contributed by atoms with van der Waals surface area (Å²) in [4.78, 5) is 7.96. The number of hydrogen-bond donors (Lipinski definition) is 2. The summed E-state index contributed by atoms with van der Waals surface area (Å²) in [6, 6.07) is 1.31. The zero-order valence-corrected chi connectivity index (χ0v) is 13.3. The summed E-state index contributed by atoms with van der Waals surface area (Å²) in [6.07, 6.45) is 6.67. The molecule has 0 amide bonds. The van der Waals surface area contributed by atoms with Gasteiger partial charge >= 0.3 is 0 Å². The molecular weight excluding hydrogens is 326 g/mol. The van der Waals surface area contributed by atoms with Gasteiger partial charge in [0, 0.05) is 38.1 Å². The highest BCUT2D eigenvalue weighted by atomic mass is 35.5. The van der Waals surface area contributed by atoms with Gasteiger partial charge in [0.05, 0.1) is 5.02 Å². The summed E-state index contributed by atoms with van der Waals surface area (Å²) in [5.74, 6) is 1.13. The summed E-state index contributed by atoms with van der Waals surface area (Å²) in [6.45, 7) is 1.18. The van der Waals surface area contributed by atoms with Crippen LogP contribution in [0.2, 0.25) is 5.02 Å². The zero-order chi connectivity index (χ0) is 15.7. The molecule has 0 aliphatic carbocycles. The van der Waals surface area contributed by atoms with Gasteiger partial charge in [-0.25, -0.2) is 23.1 Å². The number of rotatable bonds is 4. The Balaban J connectivity index is 1.69. The van der Waals surface area contributed by atoms with Crippen LogP contribution in [-0.2, 0) is 23.0 Å². The molecule has 3 heterocycles. The van der Waals surface area contributed by atoms with Crippen molar-refractivity contribution in [3.05, 3.63) is 35.5 Å². The van der Waals surface area contributed by atoms with Crippen molar-refractivity contribution in [2.45, 2.75) is 24.3 Å². The molecule has 3 rings (SSSR count). The standard InChI is InChI=1S/C13H16ClN5O2S/c14-10-6-11(13(15)17-8-10)22(20,21)18-7-9-1-3-19-4-2-16-12(19)5-9/h2,4,6,8-9,18H,1,3,5,7H2,(H2,15,17)/t9-/m0/s1. The van der Waals surface area contributed by atoms with Crippen molar-refractivity contribution in [1.29, 1.82) is 0 Å². The van der Waals surface area contributed by atoms with Crippen LogP contribution in [0.25, 0.3) is 0 Å². The second-order valence-corrected chi connectivity index (χ2v) is 7.46. The largest absolute Gasteiger partial charge is 0.383 e. The molecule has 7 nitrogen and oxygen atoms in total. The van der Waals surface area contributed by atoms with Crippen molar-refractivity contribution >= 4 is 27.4 Å². The Morgan fingerprint density at radius 1 is 1.45 bits per heavy atom. The number of nitrogens with two attached hydrogens (primary N) is 1. The Morgan fingerprint density at radius 2 is 2.27 bits per heavy atom. The highest BCUT2D eigenvalue weighted by molar-refractivity contribution is 7.89. The Hall–Kier alpha value is -1.64. The third kappa shape index (κ3) is 3.08. The van der Waals surface area contributed by atoms with Crippen molar-refractivity contribution in [3.8, 4) is 0 Å². The SMILES string of the molecule is Nc1ncc(Cl)cc1S(=O)(=O)NC[C@H]1CCn2ccnc2C1. The molecule has 0 unspecified atom stereocenters. The van der Waals surface area contributed by atoms with Gasteiger partial charge in [0.25, 0.3) is 0 Å². The Kier molecular flexibility index (Phi) is 4.07. The minimum Gasteiger partial charge on any atom is -0.383 e. The molecule has 0 radical (unpaired) electrons. The molecule has 0 fully saturated rings. The van der Waals surface area contributed by atoms with Gasteiger partial charge < -0.3 is 10.3 Å². The van der Waals surface area contributed by atoms with Gasteiger partial charge in [0.1, 0.15) is 16.5 Å². The fourth-order valence-corrected chi connectivity index (χ4v) is 3.98. The molecule has 2 aromatic rings. The summed E-state index contributed by atoms with van der Waals surface area (Å²) in [5, 5.41) is 0.231. The van der Waals surface area contributed by atoms with Crippen LogP contribution in [-0.4, -0.2) is 29.5 Å². The lowest BCUT2D eigenvalue weighted by Crippen LogP contribution is -2.33. The molecule has 9 heteroatoms. The Labute approximate surface area is 133 Å². The Bertz CT molecular complexity index is 789. The fourth-order valence-electron chi connectivity index (χ4n) is 2.54. The molecule has 0 spiro atoms. The fraction of sp³-hybridized carbons (Fsp3) is 0.385. The summed E-state index contributed by atoms with van der Waals surface area (Å²) in [7, 11) is -3.73. The molecule has 1 aliphatic heterocycles. The third-order valence-corrected chi connectivity index (χ3v) is 5.41. The van der Waals surface area contributed by atoms with Crippen LogP contribution in [0.1, 0.15) is 12.2 Å². The van der Waals surface area contributed by atoms with Gasteiger partial charge in [-0.15, -0.1) is 0 Å². The van der Waals surface area contributed by atoms with E-state index in [1.807, 2.05) is 6.20 Å². The van der Waals surface area contributed by atoms with Gasteiger partial charge in [-0.1, -0.05) is 11.6 Å². The van der Waals surface area contributed by atoms with Crippen LogP contribution >= 0.6 is 11.6 Å². The normalized spacial score (nSPS) is 18.1. The lowest BCUT2D eigenvalue weighted by atomic mass is 9.98. The van der Waals surface area contributed by atoms with Gasteiger partial charge in [-0.2, -0.15) is 0 Å². The number of anilines is 1. The highest BCUT2D eigenvalue weighted by Crippen LogP contribution is 2.22. The van der Waals surface area contributed by atoms with Crippen LogP contribution in [0.4, 0.5) is 5.82 Å². The van der Waals surface area contributed by atoms with Crippen molar-refractivity contribution in [3.63, 3.8) is 0 Å². The summed E-state index contributed by atoms with van der Waals surface area (Å²) in [5.41, 5.74) is 5.63. The first kappa shape index (κ1) is 15.3. The van der Waals surface area contributed by atoms with E-state index in [1.165, 1.54) is 12.3 Å². The highest BCUT2D eigenvalue weighted by Gasteiger charge is 2.23. The first-order valence-corrected chi connectivity index (χ1v) is 8.72. The van der Waals surface area contributed by atoms with E-state index >= 15 is 0 Å². The number of nitrogens with zero attached hydrogens (tertiary/aromatic N) is 3. The van der Waals surface area contributed by atoms with Gasteiger partial charge in [0.15, 0.2) is 0 Å². The quantitative estimate of drug-likeness (QED) is 0.865. The van der Waals surface area contributed by atoms with Gasteiger partial charge in [0.2, 0.25) is 10.0 Å².